The van der Waals surface area contributed by atoms with Crippen molar-refractivity contribution in [2.45, 2.75) is 37.6 Å². The van der Waals surface area contributed by atoms with E-state index in [0.717, 1.165) is 30.0 Å². The van der Waals surface area contributed by atoms with Gasteiger partial charge in [-0.05, 0) is 43.7 Å². The Kier molecular flexibility index (Phi) is 8.10. The second-order valence-corrected chi connectivity index (χ2v) is 10.3. The minimum atomic E-state index is -3.52. The Labute approximate surface area is 196 Å². The van der Waals surface area contributed by atoms with Crippen LogP contribution in [0.1, 0.15) is 25.6 Å². The van der Waals surface area contributed by atoms with Gasteiger partial charge in [-0.3, -0.25) is 4.79 Å². The summed E-state index contributed by atoms with van der Waals surface area (Å²) in [5, 5.41) is 2.98. The first-order chi connectivity index (χ1) is 15.7. The molecule has 8 nitrogen and oxygen atoms in total. The van der Waals surface area contributed by atoms with E-state index in [2.05, 4.69) is 27.3 Å². The monoisotopic (exact) mass is 471 g/mol. The van der Waals surface area contributed by atoms with Gasteiger partial charge in [0.15, 0.2) is 0 Å². The number of amides is 1. The van der Waals surface area contributed by atoms with Gasteiger partial charge in [0, 0.05) is 59.3 Å². The van der Waals surface area contributed by atoms with Gasteiger partial charge in [0.05, 0.1) is 15.9 Å². The molecule has 0 aliphatic heterocycles. The Hall–Kier alpha value is -2.91. The van der Waals surface area contributed by atoms with Crippen LogP contribution in [0.4, 0.5) is 5.69 Å². The number of para-hydroxylation sites is 1. The molecule has 3 rings (SSSR count). The molecule has 1 amide bonds. The van der Waals surface area contributed by atoms with Crippen LogP contribution in [0.3, 0.4) is 0 Å². The Morgan fingerprint density at radius 2 is 1.82 bits per heavy atom. The molecule has 1 aromatic heterocycles. The molecular formula is C24H33N5O3S. The summed E-state index contributed by atoms with van der Waals surface area (Å²) in [7, 11) is 1.53. The normalized spacial score (nSPS) is 11.8. The molecule has 0 unspecified atom stereocenters. The number of aromatic nitrogens is 2. The van der Waals surface area contributed by atoms with Crippen molar-refractivity contribution in [1.82, 2.24) is 19.2 Å². The highest BCUT2D eigenvalue weighted by Crippen LogP contribution is 2.22. The molecule has 33 heavy (non-hydrogen) atoms. The van der Waals surface area contributed by atoms with Gasteiger partial charge in [0.2, 0.25) is 15.9 Å². The highest BCUT2D eigenvalue weighted by molar-refractivity contribution is 7.89. The first-order valence-corrected chi connectivity index (χ1v) is 12.6. The average Bonchev–Trinajstić information content (AvgIpc) is 3.17. The summed E-state index contributed by atoms with van der Waals surface area (Å²) in [5.74, 6) is 0.772. The minimum Gasteiger partial charge on any atom is -0.375 e. The fourth-order valence-electron chi connectivity index (χ4n) is 3.74. The number of aryl methyl sites for hydroxylation is 2. The standard InChI is InChI=1S/C24H33N5O3S/c1-5-29-22-13-12-20(33(31,32)27(2)3)18-21(22)26-23(29)14-15-24(30)25-16-9-17-28(4)19-10-7-6-8-11-19/h6-8,10-13,18H,5,9,14-17H2,1-4H3,(H,25,30). The fraction of sp³-hybridized carbons (Fsp3) is 0.417. The number of carbonyl (C=O) groups excluding carboxylic acids is 1. The summed E-state index contributed by atoms with van der Waals surface area (Å²) in [5.41, 5.74) is 2.65. The first kappa shape index (κ1) is 24.7. The number of nitrogens with one attached hydrogen (secondary N) is 1. The molecule has 0 saturated heterocycles. The number of carbonyl (C=O) groups is 1. The van der Waals surface area contributed by atoms with Gasteiger partial charge in [-0.1, -0.05) is 18.2 Å². The smallest absolute Gasteiger partial charge is 0.242 e. The number of fused-ring (bicyclic) bond motifs is 1. The molecule has 178 valence electrons. The molecule has 1 N–H and O–H groups in total. The van der Waals surface area contributed by atoms with Crippen LogP contribution < -0.4 is 10.2 Å². The summed E-state index contributed by atoms with van der Waals surface area (Å²) < 4.78 is 28.1. The van der Waals surface area contributed by atoms with Crippen LogP contribution in [0.5, 0.6) is 0 Å². The summed E-state index contributed by atoms with van der Waals surface area (Å²) in [6.07, 6.45) is 1.68. The van der Waals surface area contributed by atoms with E-state index in [1.807, 2.05) is 36.7 Å². The number of anilines is 1. The van der Waals surface area contributed by atoms with Crippen LogP contribution in [0.2, 0.25) is 0 Å². The number of imidazole rings is 1. The minimum absolute atomic E-state index is 0.0112. The highest BCUT2D eigenvalue weighted by Gasteiger charge is 2.19. The van der Waals surface area contributed by atoms with E-state index in [-0.39, 0.29) is 10.8 Å². The van der Waals surface area contributed by atoms with Gasteiger partial charge in [-0.25, -0.2) is 17.7 Å². The topological polar surface area (TPSA) is 87.5 Å². The molecule has 0 radical (unpaired) electrons. The predicted octanol–water partition coefficient (Wildman–Crippen LogP) is 2.88. The maximum atomic E-state index is 12.4. The summed E-state index contributed by atoms with van der Waals surface area (Å²) in [6.45, 7) is 4.18. The van der Waals surface area contributed by atoms with Crippen LogP contribution in [0.25, 0.3) is 11.0 Å². The van der Waals surface area contributed by atoms with Crippen molar-refractivity contribution in [1.29, 1.82) is 0 Å². The zero-order valence-electron chi connectivity index (χ0n) is 19.8. The molecule has 0 atom stereocenters. The summed E-state index contributed by atoms with van der Waals surface area (Å²) >= 11 is 0. The van der Waals surface area contributed by atoms with Crippen molar-refractivity contribution in [2.75, 3.05) is 39.1 Å². The number of sulfonamides is 1. The second kappa shape index (κ2) is 10.8. The molecule has 0 saturated carbocycles. The zero-order chi connectivity index (χ0) is 24.0. The third-order valence-electron chi connectivity index (χ3n) is 5.66. The number of benzene rings is 2. The number of hydrogen-bond acceptors (Lipinski definition) is 5. The maximum absolute atomic E-state index is 12.4. The van der Waals surface area contributed by atoms with Gasteiger partial charge in [-0.15, -0.1) is 0 Å². The van der Waals surface area contributed by atoms with Crippen LogP contribution in [0, 0.1) is 0 Å². The second-order valence-electron chi connectivity index (χ2n) is 8.17. The molecule has 0 aliphatic carbocycles. The van der Waals surface area contributed by atoms with Crippen LogP contribution in [-0.4, -0.2) is 62.4 Å². The SMILES string of the molecule is CCn1c(CCC(=O)NCCCN(C)c2ccccc2)nc2cc(S(=O)(=O)N(C)C)ccc21. The lowest BCUT2D eigenvalue weighted by atomic mass is 10.2. The van der Waals surface area contributed by atoms with Gasteiger partial charge in [0.25, 0.3) is 0 Å². The Bertz CT molecular complexity index is 1190. The third kappa shape index (κ3) is 5.91. The van der Waals surface area contributed by atoms with E-state index in [9.17, 15) is 13.2 Å². The predicted molar refractivity (Wildman–Crippen MR) is 132 cm³/mol. The molecule has 0 spiro atoms. The van der Waals surface area contributed by atoms with Crippen LogP contribution in [-0.2, 0) is 27.8 Å². The lowest BCUT2D eigenvalue weighted by molar-refractivity contribution is -0.121. The average molecular weight is 472 g/mol. The van der Waals surface area contributed by atoms with Crippen molar-refractivity contribution in [3.63, 3.8) is 0 Å². The quantitative estimate of drug-likeness (QED) is 0.435. The van der Waals surface area contributed by atoms with E-state index >= 15 is 0 Å². The molecule has 0 aliphatic rings. The molecule has 2 aromatic carbocycles. The van der Waals surface area contributed by atoms with E-state index < -0.39 is 10.0 Å². The zero-order valence-corrected chi connectivity index (χ0v) is 20.6. The number of rotatable bonds is 11. The molecule has 3 aromatic rings. The molecule has 1 heterocycles. The van der Waals surface area contributed by atoms with Gasteiger partial charge in [0.1, 0.15) is 5.82 Å². The largest absolute Gasteiger partial charge is 0.375 e. The maximum Gasteiger partial charge on any atom is 0.242 e. The Morgan fingerprint density at radius 3 is 2.48 bits per heavy atom. The van der Waals surface area contributed by atoms with Crippen molar-refractivity contribution in [2.24, 2.45) is 0 Å². The molecule has 0 bridgehead atoms. The number of nitrogens with zero attached hydrogens (tertiary/aromatic N) is 4. The molecule has 9 heteroatoms. The Morgan fingerprint density at radius 1 is 1.09 bits per heavy atom. The van der Waals surface area contributed by atoms with Crippen LogP contribution >= 0.6 is 0 Å². The van der Waals surface area contributed by atoms with Crippen molar-refractivity contribution in [3.8, 4) is 0 Å². The van der Waals surface area contributed by atoms with E-state index in [0.29, 0.717) is 31.4 Å². The van der Waals surface area contributed by atoms with E-state index in [4.69, 9.17) is 0 Å². The molecule has 0 fully saturated rings. The van der Waals surface area contributed by atoms with Crippen molar-refractivity contribution < 1.29 is 13.2 Å². The number of hydrogen-bond donors (Lipinski definition) is 1. The summed E-state index contributed by atoms with van der Waals surface area (Å²) in [6, 6.07) is 15.1. The van der Waals surface area contributed by atoms with Crippen molar-refractivity contribution >= 4 is 32.7 Å². The third-order valence-corrected chi connectivity index (χ3v) is 7.47. The summed E-state index contributed by atoms with van der Waals surface area (Å²) in [4.78, 5) is 19.4. The lowest BCUT2D eigenvalue weighted by Crippen LogP contribution is -2.28. The molecular weight excluding hydrogens is 438 g/mol. The van der Waals surface area contributed by atoms with Crippen LogP contribution in [0.15, 0.2) is 53.4 Å². The van der Waals surface area contributed by atoms with Gasteiger partial charge in [-0.2, -0.15) is 0 Å². The van der Waals surface area contributed by atoms with Crippen molar-refractivity contribution in [3.05, 3.63) is 54.4 Å². The van der Waals surface area contributed by atoms with Gasteiger partial charge >= 0.3 is 0 Å². The van der Waals surface area contributed by atoms with Gasteiger partial charge < -0.3 is 14.8 Å². The highest BCUT2D eigenvalue weighted by atomic mass is 32.2. The first-order valence-electron chi connectivity index (χ1n) is 11.2. The lowest BCUT2D eigenvalue weighted by Gasteiger charge is -2.19. The fourth-order valence-corrected chi connectivity index (χ4v) is 4.67. The van der Waals surface area contributed by atoms with E-state index in [1.54, 1.807) is 18.2 Å². The Balaban J connectivity index is 1.56. The van der Waals surface area contributed by atoms with E-state index in [1.165, 1.54) is 18.4 Å².